The van der Waals surface area contributed by atoms with Crippen molar-refractivity contribution in [3.63, 3.8) is 0 Å². The van der Waals surface area contributed by atoms with Crippen LogP contribution < -0.4 is 5.32 Å². The first-order chi connectivity index (χ1) is 10.0. The van der Waals surface area contributed by atoms with Crippen LogP contribution in [0.4, 0.5) is 0 Å². The minimum absolute atomic E-state index is 0.339. The molecule has 2 nitrogen and oxygen atoms in total. The maximum atomic E-state index is 6.51. The highest BCUT2D eigenvalue weighted by Gasteiger charge is 2.33. The van der Waals surface area contributed by atoms with Gasteiger partial charge in [-0.2, -0.15) is 0 Å². The van der Waals surface area contributed by atoms with E-state index in [1.807, 2.05) is 19.2 Å². The van der Waals surface area contributed by atoms with Crippen molar-refractivity contribution in [1.29, 1.82) is 0 Å². The normalized spacial score (nSPS) is 24.3. The molecule has 0 aromatic heterocycles. The minimum atomic E-state index is 0.339. The molecule has 1 aliphatic heterocycles. The maximum absolute atomic E-state index is 6.51. The Hall–Kier alpha value is -0.280. The van der Waals surface area contributed by atoms with E-state index >= 15 is 0 Å². The van der Waals surface area contributed by atoms with Crippen LogP contribution in [-0.4, -0.2) is 31.1 Å². The van der Waals surface area contributed by atoms with Gasteiger partial charge >= 0.3 is 0 Å². The molecule has 21 heavy (non-hydrogen) atoms. The van der Waals surface area contributed by atoms with Gasteiger partial charge in [-0.05, 0) is 76.5 Å². The van der Waals surface area contributed by atoms with E-state index in [1.54, 1.807) is 0 Å². The van der Waals surface area contributed by atoms with Gasteiger partial charge in [0.2, 0.25) is 0 Å². The van der Waals surface area contributed by atoms with E-state index < -0.39 is 0 Å². The minimum Gasteiger partial charge on any atom is -0.319 e. The lowest BCUT2D eigenvalue weighted by atomic mass is 9.88. The molecule has 4 heteroatoms. The van der Waals surface area contributed by atoms with Crippen LogP contribution >= 0.6 is 23.2 Å². The highest BCUT2D eigenvalue weighted by molar-refractivity contribution is 6.33. The zero-order chi connectivity index (χ0) is 15.4. The average molecular weight is 329 g/mol. The zero-order valence-corrected chi connectivity index (χ0v) is 14.7. The molecule has 1 heterocycles. The van der Waals surface area contributed by atoms with Crippen molar-refractivity contribution < 1.29 is 0 Å². The molecule has 1 aliphatic rings. The lowest BCUT2D eigenvalue weighted by Gasteiger charge is -2.38. The number of nitrogens with one attached hydrogen (secondary N) is 1. The van der Waals surface area contributed by atoms with Crippen LogP contribution in [0.3, 0.4) is 0 Å². The van der Waals surface area contributed by atoms with E-state index in [4.69, 9.17) is 23.2 Å². The van der Waals surface area contributed by atoms with Gasteiger partial charge in [0.05, 0.1) is 0 Å². The Bertz CT molecular complexity index is 462. The van der Waals surface area contributed by atoms with Gasteiger partial charge in [0.15, 0.2) is 0 Å². The highest BCUT2D eigenvalue weighted by atomic mass is 35.5. The third kappa shape index (κ3) is 4.13. The topological polar surface area (TPSA) is 15.3 Å². The highest BCUT2D eigenvalue weighted by Crippen LogP contribution is 2.40. The number of likely N-dealkylation sites (tertiary alicyclic amines) is 1. The van der Waals surface area contributed by atoms with Gasteiger partial charge in [-0.3, -0.25) is 4.90 Å². The van der Waals surface area contributed by atoms with E-state index in [0.29, 0.717) is 18.0 Å². The fourth-order valence-corrected chi connectivity index (χ4v) is 3.91. The van der Waals surface area contributed by atoms with E-state index in [9.17, 15) is 0 Å². The van der Waals surface area contributed by atoms with E-state index in [1.165, 1.54) is 24.8 Å². The summed E-state index contributed by atoms with van der Waals surface area (Å²) in [5.41, 5.74) is 1.18. The van der Waals surface area contributed by atoms with Gasteiger partial charge in [0.1, 0.15) is 0 Å². The predicted molar refractivity (Wildman–Crippen MR) is 92.3 cm³/mol. The van der Waals surface area contributed by atoms with Gasteiger partial charge in [-0.1, -0.05) is 29.6 Å². The molecular formula is C17H26Cl2N2. The van der Waals surface area contributed by atoms with E-state index in [2.05, 4.69) is 30.1 Å². The Morgan fingerprint density at radius 2 is 2.05 bits per heavy atom. The van der Waals surface area contributed by atoms with Crippen molar-refractivity contribution in [3.8, 4) is 0 Å². The maximum Gasteiger partial charge on any atom is 0.0455 e. The summed E-state index contributed by atoms with van der Waals surface area (Å²) < 4.78 is 0. The van der Waals surface area contributed by atoms with Gasteiger partial charge in [0, 0.05) is 22.1 Å². The second kappa shape index (κ2) is 7.82. The van der Waals surface area contributed by atoms with Crippen LogP contribution in [-0.2, 0) is 0 Å². The first kappa shape index (κ1) is 17.1. The SMILES string of the molecule is CNCC1CCCCN(C(C)C)C1c1cc(Cl)ccc1Cl. The lowest BCUT2D eigenvalue weighted by Crippen LogP contribution is -2.40. The van der Waals surface area contributed by atoms with Gasteiger partial charge in [-0.15, -0.1) is 0 Å². The van der Waals surface area contributed by atoms with E-state index in [0.717, 1.165) is 23.1 Å². The van der Waals surface area contributed by atoms with Crippen molar-refractivity contribution in [2.75, 3.05) is 20.1 Å². The first-order valence-electron chi connectivity index (χ1n) is 7.90. The summed E-state index contributed by atoms with van der Waals surface area (Å²) in [4.78, 5) is 2.59. The lowest BCUT2D eigenvalue weighted by molar-refractivity contribution is 0.119. The molecule has 1 fully saturated rings. The van der Waals surface area contributed by atoms with E-state index in [-0.39, 0.29) is 0 Å². The number of hydrogen-bond acceptors (Lipinski definition) is 2. The summed E-state index contributed by atoms with van der Waals surface area (Å²) in [6, 6.07) is 6.70. The average Bonchev–Trinajstić information content (AvgIpc) is 2.64. The number of halogens is 2. The van der Waals surface area contributed by atoms with Crippen LogP contribution in [0.2, 0.25) is 10.0 Å². The second-order valence-electron chi connectivity index (χ2n) is 6.26. The van der Waals surface area contributed by atoms with Crippen molar-refractivity contribution >= 4 is 23.2 Å². The summed E-state index contributed by atoms with van der Waals surface area (Å²) in [7, 11) is 2.03. The van der Waals surface area contributed by atoms with Crippen molar-refractivity contribution in [2.45, 2.75) is 45.2 Å². The predicted octanol–water partition coefficient (Wildman–Crippen LogP) is 4.76. The van der Waals surface area contributed by atoms with Gasteiger partial charge in [0.25, 0.3) is 0 Å². The molecule has 1 aromatic rings. The third-order valence-corrected chi connectivity index (χ3v) is 5.03. The molecule has 0 bridgehead atoms. The van der Waals surface area contributed by atoms with Crippen molar-refractivity contribution in [3.05, 3.63) is 33.8 Å². The Morgan fingerprint density at radius 1 is 1.29 bits per heavy atom. The van der Waals surface area contributed by atoms with Gasteiger partial charge < -0.3 is 5.32 Å². The molecule has 0 amide bonds. The molecule has 1 N–H and O–H groups in total. The largest absolute Gasteiger partial charge is 0.319 e. The molecule has 2 unspecified atom stereocenters. The molecule has 1 aromatic carbocycles. The van der Waals surface area contributed by atoms with Crippen LogP contribution in [0.5, 0.6) is 0 Å². The van der Waals surface area contributed by atoms with Crippen molar-refractivity contribution in [2.24, 2.45) is 5.92 Å². The van der Waals surface area contributed by atoms with Crippen LogP contribution in [0.25, 0.3) is 0 Å². The van der Waals surface area contributed by atoms with Crippen molar-refractivity contribution in [1.82, 2.24) is 10.2 Å². The first-order valence-corrected chi connectivity index (χ1v) is 8.65. The van der Waals surface area contributed by atoms with Crippen LogP contribution in [0, 0.1) is 5.92 Å². The number of rotatable bonds is 4. The fourth-order valence-electron chi connectivity index (χ4n) is 3.50. The molecular weight excluding hydrogens is 303 g/mol. The molecule has 1 saturated heterocycles. The number of benzene rings is 1. The fraction of sp³-hybridized carbons (Fsp3) is 0.647. The molecule has 0 saturated carbocycles. The van der Waals surface area contributed by atoms with Gasteiger partial charge in [-0.25, -0.2) is 0 Å². The monoisotopic (exact) mass is 328 g/mol. The molecule has 0 aliphatic carbocycles. The molecule has 0 radical (unpaired) electrons. The smallest absolute Gasteiger partial charge is 0.0455 e. The zero-order valence-electron chi connectivity index (χ0n) is 13.2. The summed E-state index contributed by atoms with van der Waals surface area (Å²) in [5.74, 6) is 0.566. The third-order valence-electron chi connectivity index (χ3n) is 4.45. The Kier molecular flexibility index (Phi) is 6.36. The summed E-state index contributed by atoms with van der Waals surface area (Å²) in [6.07, 6.45) is 3.77. The van der Waals surface area contributed by atoms with Crippen LogP contribution in [0.15, 0.2) is 18.2 Å². The number of nitrogens with zero attached hydrogens (tertiary/aromatic N) is 1. The molecule has 118 valence electrons. The summed E-state index contributed by atoms with van der Waals surface area (Å²) in [6.45, 7) is 6.68. The molecule has 2 atom stereocenters. The molecule has 2 rings (SSSR count). The Morgan fingerprint density at radius 3 is 2.71 bits per heavy atom. The molecule has 0 spiro atoms. The quantitative estimate of drug-likeness (QED) is 0.856. The Labute approximate surface area is 138 Å². The summed E-state index contributed by atoms with van der Waals surface area (Å²) in [5, 5.41) is 4.96. The van der Waals surface area contributed by atoms with Crippen LogP contribution in [0.1, 0.15) is 44.7 Å². The Balaban J connectivity index is 2.44. The second-order valence-corrected chi connectivity index (χ2v) is 7.10. The number of hydrogen-bond donors (Lipinski definition) is 1. The standard InChI is InChI=1S/C17H26Cl2N2/c1-12(2)21-9-5-4-6-13(11-20-3)17(21)15-10-14(18)7-8-16(15)19/h7-8,10,12-13,17,20H,4-6,9,11H2,1-3H3. The summed E-state index contributed by atoms with van der Waals surface area (Å²) >= 11 is 12.7.